The first-order chi connectivity index (χ1) is 9.65. The maximum Gasteiger partial charge on any atom is 0.315 e. The minimum Gasteiger partial charge on any atom is -0.481 e. The van der Waals surface area contributed by atoms with Gasteiger partial charge in [0.25, 0.3) is 0 Å². The highest BCUT2D eigenvalue weighted by molar-refractivity contribution is 5.75. The van der Waals surface area contributed by atoms with Gasteiger partial charge in [-0.25, -0.2) is 4.79 Å². The van der Waals surface area contributed by atoms with Crippen LogP contribution in [0.3, 0.4) is 0 Å². The Labute approximate surface area is 118 Å². The number of carboxylic acid groups (broad SMARTS) is 1. The number of nitrogens with zero attached hydrogens (tertiary/aromatic N) is 1. The van der Waals surface area contributed by atoms with E-state index in [0.717, 1.165) is 39.3 Å². The van der Waals surface area contributed by atoms with Gasteiger partial charge in [0.05, 0.1) is 19.1 Å². The van der Waals surface area contributed by atoms with Crippen molar-refractivity contribution < 1.29 is 19.4 Å². The molecular formula is C13H23N3O4. The Bertz CT molecular complexity index is 345. The molecular weight excluding hydrogens is 262 g/mol. The van der Waals surface area contributed by atoms with Crippen molar-refractivity contribution in [2.45, 2.75) is 25.3 Å². The minimum absolute atomic E-state index is 0.0144. The van der Waals surface area contributed by atoms with E-state index >= 15 is 0 Å². The zero-order valence-corrected chi connectivity index (χ0v) is 11.6. The number of urea groups is 1. The molecule has 114 valence electrons. The molecule has 2 unspecified atom stereocenters. The van der Waals surface area contributed by atoms with Gasteiger partial charge in [0.2, 0.25) is 0 Å². The number of carboxylic acids is 1. The molecule has 1 aliphatic carbocycles. The van der Waals surface area contributed by atoms with Crippen molar-refractivity contribution in [3.05, 3.63) is 0 Å². The van der Waals surface area contributed by atoms with Gasteiger partial charge < -0.3 is 20.5 Å². The van der Waals surface area contributed by atoms with Crippen molar-refractivity contribution in [1.29, 1.82) is 0 Å². The molecule has 2 rings (SSSR count). The third-order valence-electron chi connectivity index (χ3n) is 3.93. The molecule has 7 heteroatoms. The molecule has 3 N–H and O–H groups in total. The first-order valence-corrected chi connectivity index (χ1v) is 7.22. The van der Waals surface area contributed by atoms with Crippen molar-refractivity contribution in [1.82, 2.24) is 15.5 Å². The van der Waals surface area contributed by atoms with E-state index in [1.165, 1.54) is 0 Å². The van der Waals surface area contributed by atoms with Crippen LogP contribution in [0.2, 0.25) is 0 Å². The van der Waals surface area contributed by atoms with Crippen LogP contribution in [0.5, 0.6) is 0 Å². The molecule has 1 saturated heterocycles. The highest BCUT2D eigenvalue weighted by Crippen LogP contribution is 2.25. The van der Waals surface area contributed by atoms with Crippen LogP contribution in [0.25, 0.3) is 0 Å². The van der Waals surface area contributed by atoms with Crippen molar-refractivity contribution in [3.8, 4) is 0 Å². The normalized spacial score (nSPS) is 27.2. The van der Waals surface area contributed by atoms with Crippen LogP contribution in [-0.4, -0.2) is 67.4 Å². The van der Waals surface area contributed by atoms with Crippen LogP contribution >= 0.6 is 0 Å². The van der Waals surface area contributed by atoms with E-state index in [1.807, 2.05) is 0 Å². The van der Waals surface area contributed by atoms with Crippen LogP contribution in [-0.2, 0) is 9.53 Å². The van der Waals surface area contributed by atoms with E-state index in [0.29, 0.717) is 19.4 Å². The van der Waals surface area contributed by atoms with Crippen molar-refractivity contribution in [2.24, 2.45) is 5.92 Å². The fourth-order valence-electron chi connectivity index (χ4n) is 2.73. The van der Waals surface area contributed by atoms with Crippen LogP contribution in [0.4, 0.5) is 4.79 Å². The fraction of sp³-hybridized carbons (Fsp3) is 0.846. The molecule has 1 saturated carbocycles. The Hall–Kier alpha value is -1.34. The van der Waals surface area contributed by atoms with Gasteiger partial charge in [-0.1, -0.05) is 0 Å². The molecule has 1 heterocycles. The van der Waals surface area contributed by atoms with Crippen LogP contribution in [0.1, 0.15) is 19.3 Å². The molecule has 0 radical (unpaired) electrons. The monoisotopic (exact) mass is 285 g/mol. The lowest BCUT2D eigenvalue weighted by atomic mass is 10.1. The number of carbonyl (C=O) groups excluding carboxylic acids is 1. The number of hydrogen-bond acceptors (Lipinski definition) is 4. The first kappa shape index (κ1) is 15.1. The molecule has 2 atom stereocenters. The summed E-state index contributed by atoms with van der Waals surface area (Å²) in [7, 11) is 0. The van der Waals surface area contributed by atoms with E-state index in [2.05, 4.69) is 15.5 Å². The SMILES string of the molecule is O=C(NCCN1CCOCC1)NC1CCC(C(=O)O)C1. The summed E-state index contributed by atoms with van der Waals surface area (Å²) in [6, 6.07) is -0.214. The smallest absolute Gasteiger partial charge is 0.315 e. The van der Waals surface area contributed by atoms with E-state index < -0.39 is 5.97 Å². The molecule has 2 fully saturated rings. The standard InChI is InChI=1S/C13H23N3O4/c17-12(18)10-1-2-11(9-10)15-13(19)14-3-4-16-5-7-20-8-6-16/h10-11H,1-9H2,(H,17,18)(H2,14,15,19). The molecule has 0 spiro atoms. The Morgan fingerprint density at radius 1 is 1.25 bits per heavy atom. The van der Waals surface area contributed by atoms with Crippen molar-refractivity contribution >= 4 is 12.0 Å². The predicted octanol–water partition coefficient (Wildman–Crippen LogP) is -0.129. The van der Waals surface area contributed by atoms with Crippen molar-refractivity contribution in [3.63, 3.8) is 0 Å². The molecule has 0 aromatic heterocycles. The average Bonchev–Trinajstić information content (AvgIpc) is 2.88. The summed E-state index contributed by atoms with van der Waals surface area (Å²) >= 11 is 0. The van der Waals surface area contributed by atoms with Gasteiger partial charge in [-0.05, 0) is 19.3 Å². The average molecular weight is 285 g/mol. The summed E-state index contributed by atoms with van der Waals surface area (Å²) < 4.78 is 5.26. The Morgan fingerprint density at radius 3 is 2.65 bits per heavy atom. The van der Waals surface area contributed by atoms with Gasteiger partial charge in [0, 0.05) is 32.2 Å². The molecule has 20 heavy (non-hydrogen) atoms. The zero-order valence-electron chi connectivity index (χ0n) is 11.6. The lowest BCUT2D eigenvalue weighted by Crippen LogP contribution is -2.45. The number of amides is 2. The minimum atomic E-state index is -0.762. The number of carbonyl (C=O) groups is 2. The predicted molar refractivity (Wildman–Crippen MR) is 72.6 cm³/mol. The van der Waals surface area contributed by atoms with Gasteiger partial charge in [0.1, 0.15) is 0 Å². The van der Waals surface area contributed by atoms with E-state index in [4.69, 9.17) is 9.84 Å². The van der Waals surface area contributed by atoms with Crippen LogP contribution in [0, 0.1) is 5.92 Å². The number of aliphatic carboxylic acids is 1. The quantitative estimate of drug-likeness (QED) is 0.654. The van der Waals surface area contributed by atoms with E-state index in [9.17, 15) is 9.59 Å². The summed E-state index contributed by atoms with van der Waals surface area (Å²) in [6.07, 6.45) is 1.92. The number of nitrogens with one attached hydrogen (secondary N) is 2. The third-order valence-corrected chi connectivity index (χ3v) is 3.93. The zero-order chi connectivity index (χ0) is 14.4. The van der Waals surface area contributed by atoms with Gasteiger partial charge in [-0.15, -0.1) is 0 Å². The highest BCUT2D eigenvalue weighted by atomic mass is 16.5. The molecule has 1 aliphatic heterocycles. The van der Waals surface area contributed by atoms with Crippen molar-refractivity contribution in [2.75, 3.05) is 39.4 Å². The van der Waals surface area contributed by atoms with E-state index in [1.54, 1.807) is 0 Å². The summed E-state index contributed by atoms with van der Waals surface area (Å²) in [5, 5.41) is 14.6. The lowest BCUT2D eigenvalue weighted by molar-refractivity contribution is -0.141. The number of ether oxygens (including phenoxy) is 1. The molecule has 7 nitrogen and oxygen atoms in total. The Balaban J connectivity index is 1.57. The maximum atomic E-state index is 11.7. The number of morpholine rings is 1. The Morgan fingerprint density at radius 2 is 2.00 bits per heavy atom. The lowest BCUT2D eigenvalue weighted by Gasteiger charge is -2.26. The number of rotatable bonds is 5. The highest BCUT2D eigenvalue weighted by Gasteiger charge is 2.30. The topological polar surface area (TPSA) is 90.9 Å². The summed E-state index contributed by atoms with van der Waals surface area (Å²) in [5.41, 5.74) is 0. The van der Waals surface area contributed by atoms with Gasteiger partial charge in [0.15, 0.2) is 0 Å². The number of hydrogen-bond donors (Lipinski definition) is 3. The van der Waals surface area contributed by atoms with Crippen LogP contribution < -0.4 is 10.6 Å². The van der Waals surface area contributed by atoms with E-state index in [-0.39, 0.29) is 18.0 Å². The second-order valence-corrected chi connectivity index (χ2v) is 5.40. The molecule has 2 amide bonds. The summed E-state index contributed by atoms with van der Waals surface area (Å²) in [6.45, 7) is 4.74. The van der Waals surface area contributed by atoms with Gasteiger partial charge in [-0.2, -0.15) is 0 Å². The fourth-order valence-corrected chi connectivity index (χ4v) is 2.73. The molecule has 2 aliphatic rings. The first-order valence-electron chi connectivity index (χ1n) is 7.22. The van der Waals surface area contributed by atoms with Gasteiger partial charge in [-0.3, -0.25) is 9.69 Å². The summed E-state index contributed by atoms with van der Waals surface area (Å²) in [4.78, 5) is 24.8. The summed E-state index contributed by atoms with van der Waals surface area (Å²) in [5.74, 6) is -1.07. The second kappa shape index (κ2) is 7.44. The molecule has 0 aromatic rings. The largest absolute Gasteiger partial charge is 0.481 e. The Kier molecular flexibility index (Phi) is 5.60. The molecule has 0 bridgehead atoms. The van der Waals surface area contributed by atoms with Crippen LogP contribution in [0.15, 0.2) is 0 Å². The maximum absolute atomic E-state index is 11.7. The molecule has 0 aromatic carbocycles. The third kappa shape index (κ3) is 4.64. The van der Waals surface area contributed by atoms with Gasteiger partial charge >= 0.3 is 12.0 Å². The second-order valence-electron chi connectivity index (χ2n) is 5.40.